The van der Waals surface area contributed by atoms with Crippen LogP contribution in [0, 0.1) is 5.92 Å². The zero-order valence-electron chi connectivity index (χ0n) is 12.6. The van der Waals surface area contributed by atoms with Crippen LogP contribution in [0.5, 0.6) is 0 Å². The van der Waals surface area contributed by atoms with Crippen molar-refractivity contribution in [3.8, 4) is 0 Å². The van der Waals surface area contributed by atoms with E-state index < -0.39 is 11.7 Å². The topological polar surface area (TPSA) is 58.4 Å². The van der Waals surface area contributed by atoms with Crippen molar-refractivity contribution in [2.45, 2.75) is 25.4 Å². The number of halogens is 4. The van der Waals surface area contributed by atoms with Crippen LogP contribution >= 0.6 is 12.4 Å². The van der Waals surface area contributed by atoms with Gasteiger partial charge in [-0.3, -0.25) is 0 Å². The highest BCUT2D eigenvalue weighted by molar-refractivity contribution is 5.89. The molecular weight excluding hydrogens is 331 g/mol. The van der Waals surface area contributed by atoms with Crippen molar-refractivity contribution in [1.29, 1.82) is 0 Å². The van der Waals surface area contributed by atoms with Crippen molar-refractivity contribution in [2.24, 2.45) is 11.7 Å². The molecule has 1 aromatic rings. The Labute approximate surface area is 139 Å². The minimum absolute atomic E-state index is 0. The highest BCUT2D eigenvalue weighted by Crippen LogP contribution is 2.30. The van der Waals surface area contributed by atoms with Crippen molar-refractivity contribution in [1.82, 2.24) is 4.90 Å². The highest BCUT2D eigenvalue weighted by Gasteiger charge is 2.30. The molecule has 1 fully saturated rings. The number of nitrogens with one attached hydrogen (secondary N) is 1. The number of amides is 2. The molecule has 0 bridgehead atoms. The van der Waals surface area contributed by atoms with E-state index in [0.29, 0.717) is 25.6 Å². The number of urea groups is 1. The molecule has 8 heteroatoms. The van der Waals surface area contributed by atoms with Gasteiger partial charge in [-0.15, -0.1) is 12.4 Å². The van der Waals surface area contributed by atoms with E-state index in [2.05, 4.69) is 5.32 Å². The Hall–Kier alpha value is -1.47. The fourth-order valence-electron chi connectivity index (χ4n) is 2.64. The number of carbonyl (C=O) groups is 1. The van der Waals surface area contributed by atoms with Gasteiger partial charge < -0.3 is 16.0 Å². The Morgan fingerprint density at radius 1 is 1.30 bits per heavy atom. The number of piperidine rings is 1. The average molecular weight is 352 g/mol. The molecule has 0 aliphatic carbocycles. The summed E-state index contributed by atoms with van der Waals surface area (Å²) in [6.45, 7) is 1.85. The second-order valence-electron chi connectivity index (χ2n) is 5.52. The Morgan fingerprint density at radius 3 is 2.52 bits per heavy atom. The fourth-order valence-corrected chi connectivity index (χ4v) is 2.64. The normalized spacial score (nSPS) is 15.9. The first-order valence-corrected chi connectivity index (χ1v) is 7.33. The number of alkyl halides is 3. The first-order valence-electron chi connectivity index (χ1n) is 7.33. The van der Waals surface area contributed by atoms with Gasteiger partial charge in [0.25, 0.3) is 0 Å². The predicted octanol–water partition coefficient (Wildman–Crippen LogP) is 3.72. The van der Waals surface area contributed by atoms with E-state index >= 15 is 0 Å². The zero-order valence-corrected chi connectivity index (χ0v) is 13.4. The fraction of sp³-hybridized carbons (Fsp3) is 0.533. The Morgan fingerprint density at radius 2 is 1.96 bits per heavy atom. The number of carbonyl (C=O) groups excluding carboxylic acids is 1. The van der Waals surface area contributed by atoms with Crippen LogP contribution in [-0.4, -0.2) is 30.6 Å². The summed E-state index contributed by atoms with van der Waals surface area (Å²) < 4.78 is 37.9. The summed E-state index contributed by atoms with van der Waals surface area (Å²) >= 11 is 0. The Bertz CT molecular complexity index is 517. The molecule has 0 spiro atoms. The third-order valence-electron chi connectivity index (χ3n) is 3.92. The number of hydrogen-bond donors (Lipinski definition) is 2. The van der Waals surface area contributed by atoms with Gasteiger partial charge in [0.05, 0.1) is 5.56 Å². The predicted molar refractivity (Wildman–Crippen MR) is 85.7 cm³/mol. The molecule has 1 heterocycles. The molecule has 1 saturated heterocycles. The van der Waals surface area contributed by atoms with Crippen LogP contribution in [0.2, 0.25) is 0 Å². The summed E-state index contributed by atoms with van der Waals surface area (Å²) in [5, 5.41) is 2.53. The molecule has 0 radical (unpaired) electrons. The van der Waals surface area contributed by atoms with Crippen LogP contribution in [0.3, 0.4) is 0 Å². The summed E-state index contributed by atoms with van der Waals surface area (Å²) in [7, 11) is 0. The van der Waals surface area contributed by atoms with Crippen LogP contribution in [0.4, 0.5) is 23.7 Å². The molecule has 0 saturated carbocycles. The van der Waals surface area contributed by atoms with E-state index in [-0.39, 0.29) is 24.1 Å². The Balaban J connectivity index is 0.00000264. The van der Waals surface area contributed by atoms with E-state index in [1.165, 1.54) is 12.1 Å². The first-order chi connectivity index (χ1) is 10.4. The number of nitrogens with two attached hydrogens (primary N) is 1. The van der Waals surface area contributed by atoms with Crippen LogP contribution in [0.25, 0.3) is 0 Å². The van der Waals surface area contributed by atoms with Crippen molar-refractivity contribution >= 4 is 24.1 Å². The van der Waals surface area contributed by atoms with E-state index in [1.807, 2.05) is 0 Å². The van der Waals surface area contributed by atoms with Gasteiger partial charge in [-0.05, 0) is 49.9 Å². The molecule has 4 nitrogen and oxygen atoms in total. The summed E-state index contributed by atoms with van der Waals surface area (Å²) in [5.74, 6) is 0.530. The largest absolute Gasteiger partial charge is 0.416 e. The minimum Gasteiger partial charge on any atom is -0.330 e. The van der Waals surface area contributed by atoms with E-state index in [9.17, 15) is 18.0 Å². The lowest BCUT2D eigenvalue weighted by Crippen LogP contribution is -2.41. The number of rotatable bonds is 3. The second kappa shape index (κ2) is 8.40. The third kappa shape index (κ3) is 5.58. The van der Waals surface area contributed by atoms with Crippen molar-refractivity contribution in [3.63, 3.8) is 0 Å². The molecule has 0 unspecified atom stereocenters. The molecule has 1 aliphatic rings. The number of likely N-dealkylation sites (tertiary alicyclic amines) is 1. The van der Waals surface area contributed by atoms with Crippen LogP contribution in [0.15, 0.2) is 24.3 Å². The van der Waals surface area contributed by atoms with Gasteiger partial charge in [0.1, 0.15) is 0 Å². The third-order valence-corrected chi connectivity index (χ3v) is 3.92. The standard InChI is InChI=1S/C15H20F3N3O.ClH/c16-15(17,18)12-2-1-3-13(10-12)20-14(22)21-8-5-11(4-7-19)6-9-21;/h1-3,10-11H,4-9,19H2,(H,20,22);1H. The van der Waals surface area contributed by atoms with Crippen LogP contribution in [0.1, 0.15) is 24.8 Å². The van der Waals surface area contributed by atoms with Crippen LogP contribution < -0.4 is 11.1 Å². The maximum Gasteiger partial charge on any atom is 0.416 e. The van der Waals surface area contributed by atoms with Gasteiger partial charge in [-0.1, -0.05) is 6.07 Å². The Kier molecular flexibility index (Phi) is 7.15. The lowest BCUT2D eigenvalue weighted by Gasteiger charge is -2.31. The summed E-state index contributed by atoms with van der Waals surface area (Å²) in [6, 6.07) is 4.30. The molecule has 0 atom stereocenters. The molecule has 0 aromatic heterocycles. The van der Waals surface area contributed by atoms with Crippen LogP contribution in [-0.2, 0) is 6.18 Å². The number of benzene rings is 1. The smallest absolute Gasteiger partial charge is 0.330 e. The van der Waals surface area contributed by atoms with E-state index in [0.717, 1.165) is 31.4 Å². The molecule has 2 rings (SSSR count). The highest BCUT2D eigenvalue weighted by atomic mass is 35.5. The monoisotopic (exact) mass is 351 g/mol. The summed E-state index contributed by atoms with van der Waals surface area (Å²) in [6.07, 6.45) is -1.70. The molecule has 1 aliphatic heterocycles. The number of nitrogens with zero attached hydrogens (tertiary/aromatic N) is 1. The molecule has 23 heavy (non-hydrogen) atoms. The molecular formula is C15H21ClF3N3O. The van der Waals surface area contributed by atoms with Gasteiger partial charge in [0.15, 0.2) is 0 Å². The molecule has 3 N–H and O–H groups in total. The minimum atomic E-state index is -4.42. The lowest BCUT2D eigenvalue weighted by molar-refractivity contribution is -0.137. The summed E-state index contributed by atoms with van der Waals surface area (Å²) in [4.78, 5) is 13.7. The molecule has 2 amide bonds. The summed E-state index contributed by atoms with van der Waals surface area (Å²) in [5.41, 5.74) is 4.91. The van der Waals surface area contributed by atoms with Gasteiger partial charge in [-0.2, -0.15) is 13.2 Å². The lowest BCUT2D eigenvalue weighted by atomic mass is 9.94. The second-order valence-corrected chi connectivity index (χ2v) is 5.52. The first kappa shape index (κ1) is 19.6. The maximum atomic E-state index is 12.6. The van der Waals surface area contributed by atoms with Crippen molar-refractivity contribution in [3.05, 3.63) is 29.8 Å². The van der Waals surface area contributed by atoms with Gasteiger partial charge in [0.2, 0.25) is 0 Å². The average Bonchev–Trinajstić information content (AvgIpc) is 2.48. The quantitative estimate of drug-likeness (QED) is 0.872. The zero-order chi connectivity index (χ0) is 16.2. The van der Waals surface area contributed by atoms with Gasteiger partial charge >= 0.3 is 12.2 Å². The van der Waals surface area contributed by atoms with E-state index in [4.69, 9.17) is 5.73 Å². The molecule has 1 aromatic carbocycles. The molecule has 130 valence electrons. The van der Waals surface area contributed by atoms with Crippen molar-refractivity contribution < 1.29 is 18.0 Å². The van der Waals surface area contributed by atoms with Gasteiger partial charge in [0, 0.05) is 18.8 Å². The number of anilines is 1. The van der Waals surface area contributed by atoms with Gasteiger partial charge in [-0.25, -0.2) is 4.79 Å². The number of hydrogen-bond acceptors (Lipinski definition) is 2. The SMILES string of the molecule is Cl.NCCC1CCN(C(=O)Nc2cccc(C(F)(F)F)c2)CC1. The van der Waals surface area contributed by atoms with Crippen molar-refractivity contribution in [2.75, 3.05) is 25.0 Å². The maximum absolute atomic E-state index is 12.6. The van der Waals surface area contributed by atoms with E-state index in [1.54, 1.807) is 4.90 Å².